The van der Waals surface area contributed by atoms with Gasteiger partial charge in [-0.15, -0.1) is 22.7 Å². The Morgan fingerprint density at radius 2 is 2.29 bits per heavy atom. The summed E-state index contributed by atoms with van der Waals surface area (Å²) in [4.78, 5) is 20.2. The Kier molecular flexibility index (Phi) is 4.37. The van der Waals surface area contributed by atoms with Gasteiger partial charge in [0.1, 0.15) is 0 Å². The van der Waals surface area contributed by atoms with Crippen LogP contribution in [0.3, 0.4) is 0 Å². The van der Waals surface area contributed by atoms with E-state index in [2.05, 4.69) is 33.6 Å². The average Bonchev–Trinajstić information content (AvgIpc) is 3.03. The molecule has 1 fully saturated rings. The molecule has 1 N–H and O–H groups in total. The number of aromatic nitrogens is 1. The second-order valence-electron chi connectivity index (χ2n) is 5.43. The number of amides is 1. The lowest BCUT2D eigenvalue weighted by atomic mass is 10.2. The molecule has 2 heterocycles. The summed E-state index contributed by atoms with van der Waals surface area (Å²) in [5.41, 5.74) is 1.32. The molecule has 1 unspecified atom stereocenters. The predicted octanol–water partition coefficient (Wildman–Crippen LogP) is 3.50. The van der Waals surface area contributed by atoms with E-state index in [-0.39, 0.29) is 11.9 Å². The Hall–Kier alpha value is -1.24. The smallest absolute Gasteiger partial charge is 0.243 e. The lowest BCUT2D eigenvalue weighted by Crippen LogP contribution is -2.42. The molecule has 0 radical (unpaired) electrons. The van der Waals surface area contributed by atoms with Crippen molar-refractivity contribution in [2.24, 2.45) is 0 Å². The summed E-state index contributed by atoms with van der Waals surface area (Å²) in [6.07, 6.45) is 4.09. The van der Waals surface area contributed by atoms with Crippen LogP contribution in [-0.2, 0) is 11.3 Å². The fourth-order valence-corrected chi connectivity index (χ4v) is 3.81. The van der Waals surface area contributed by atoms with E-state index in [0.717, 1.165) is 6.54 Å². The lowest BCUT2D eigenvalue weighted by molar-refractivity contribution is -0.121. The zero-order valence-corrected chi connectivity index (χ0v) is 13.8. The summed E-state index contributed by atoms with van der Waals surface area (Å²) < 4.78 is 0. The van der Waals surface area contributed by atoms with Crippen LogP contribution in [0.1, 0.15) is 30.2 Å². The first-order valence-corrected chi connectivity index (χ1v) is 8.90. The topological polar surface area (TPSA) is 45.2 Å². The van der Waals surface area contributed by atoms with E-state index < -0.39 is 0 Å². The molecule has 1 atom stereocenters. The Morgan fingerprint density at radius 3 is 2.86 bits per heavy atom. The number of hydrogen-bond donors (Lipinski definition) is 1. The lowest BCUT2D eigenvalue weighted by Gasteiger charge is -2.27. The van der Waals surface area contributed by atoms with Gasteiger partial charge in [0.2, 0.25) is 5.91 Å². The maximum atomic E-state index is 12.4. The van der Waals surface area contributed by atoms with Gasteiger partial charge in [-0.25, -0.2) is 4.98 Å². The molecule has 2 aromatic rings. The Bertz CT molecular complexity index is 604. The minimum absolute atomic E-state index is 0.0334. The number of carbonyl (C=O) groups is 1. The van der Waals surface area contributed by atoms with Gasteiger partial charge >= 0.3 is 0 Å². The van der Waals surface area contributed by atoms with Crippen LogP contribution in [0.2, 0.25) is 0 Å². The molecule has 21 heavy (non-hydrogen) atoms. The van der Waals surface area contributed by atoms with Gasteiger partial charge in [-0.2, -0.15) is 0 Å². The number of rotatable bonds is 6. The van der Waals surface area contributed by atoms with Gasteiger partial charge in [-0.05, 0) is 43.7 Å². The van der Waals surface area contributed by atoms with Crippen LogP contribution in [-0.4, -0.2) is 27.9 Å². The summed E-state index contributed by atoms with van der Waals surface area (Å²) in [6.45, 7) is 4.99. The molecule has 1 aliphatic carbocycles. The van der Waals surface area contributed by atoms with Crippen LogP contribution in [0, 0.1) is 6.92 Å². The zero-order chi connectivity index (χ0) is 14.8. The molecule has 112 valence electrons. The summed E-state index contributed by atoms with van der Waals surface area (Å²) in [7, 11) is 0. The zero-order valence-electron chi connectivity index (χ0n) is 12.2. The van der Waals surface area contributed by atoms with E-state index in [4.69, 9.17) is 0 Å². The van der Waals surface area contributed by atoms with Crippen molar-refractivity contribution in [1.82, 2.24) is 9.88 Å². The molecule has 1 saturated carbocycles. The molecule has 6 heteroatoms. The van der Waals surface area contributed by atoms with Crippen molar-refractivity contribution < 1.29 is 4.79 Å². The molecule has 2 aromatic heterocycles. The number of aryl methyl sites for hydroxylation is 1. The molecule has 0 aromatic carbocycles. The van der Waals surface area contributed by atoms with Crippen LogP contribution in [0.5, 0.6) is 0 Å². The highest BCUT2D eigenvalue weighted by molar-refractivity contribution is 7.13. The Morgan fingerprint density at radius 1 is 1.48 bits per heavy atom. The molecular formula is C15H19N3OS2. The van der Waals surface area contributed by atoms with Crippen LogP contribution in [0.4, 0.5) is 5.13 Å². The standard InChI is InChI=1S/C15H19N3OS2/c1-10-5-7-20-13(10)9-18(12-3-4-12)11(2)14(19)17-15-16-6-8-21-15/h5-8,11-12H,3-4,9H2,1-2H3,(H,16,17,19). The molecule has 1 amide bonds. The number of carbonyl (C=O) groups excluding carboxylic acids is 1. The van der Waals surface area contributed by atoms with E-state index in [1.165, 1.54) is 34.6 Å². The third-order valence-electron chi connectivity index (χ3n) is 3.85. The van der Waals surface area contributed by atoms with E-state index in [1.807, 2.05) is 12.3 Å². The molecule has 4 nitrogen and oxygen atoms in total. The van der Waals surface area contributed by atoms with E-state index in [1.54, 1.807) is 17.5 Å². The number of hydrogen-bond acceptors (Lipinski definition) is 5. The molecular weight excluding hydrogens is 302 g/mol. The Labute approximate surface area is 132 Å². The third kappa shape index (κ3) is 3.51. The quantitative estimate of drug-likeness (QED) is 0.885. The minimum atomic E-state index is -0.136. The monoisotopic (exact) mass is 321 g/mol. The highest BCUT2D eigenvalue weighted by atomic mass is 32.1. The first-order chi connectivity index (χ1) is 10.1. The number of nitrogens with zero attached hydrogens (tertiary/aromatic N) is 2. The van der Waals surface area contributed by atoms with Crippen molar-refractivity contribution in [3.63, 3.8) is 0 Å². The normalized spacial score (nSPS) is 16.1. The molecule has 0 bridgehead atoms. The van der Waals surface area contributed by atoms with Crippen molar-refractivity contribution in [1.29, 1.82) is 0 Å². The van der Waals surface area contributed by atoms with Crippen LogP contribution in [0.15, 0.2) is 23.0 Å². The number of anilines is 1. The number of thiophene rings is 1. The van der Waals surface area contributed by atoms with Gasteiger partial charge in [-0.3, -0.25) is 9.69 Å². The van der Waals surface area contributed by atoms with Crippen LogP contribution >= 0.6 is 22.7 Å². The first kappa shape index (κ1) is 14.7. The molecule has 0 saturated heterocycles. The van der Waals surface area contributed by atoms with E-state index >= 15 is 0 Å². The van der Waals surface area contributed by atoms with Crippen molar-refractivity contribution >= 4 is 33.7 Å². The first-order valence-electron chi connectivity index (χ1n) is 7.14. The highest BCUT2D eigenvalue weighted by Gasteiger charge is 2.35. The van der Waals surface area contributed by atoms with Gasteiger partial charge in [0.15, 0.2) is 5.13 Å². The number of thiazole rings is 1. The van der Waals surface area contributed by atoms with Crippen molar-refractivity contribution in [3.8, 4) is 0 Å². The number of nitrogens with one attached hydrogen (secondary N) is 1. The van der Waals surface area contributed by atoms with E-state index in [0.29, 0.717) is 11.2 Å². The summed E-state index contributed by atoms with van der Waals surface area (Å²) >= 11 is 3.23. The largest absolute Gasteiger partial charge is 0.301 e. The van der Waals surface area contributed by atoms with E-state index in [9.17, 15) is 4.79 Å². The summed E-state index contributed by atoms with van der Waals surface area (Å²) in [5, 5.41) is 7.58. The third-order valence-corrected chi connectivity index (χ3v) is 5.55. The molecule has 1 aliphatic rings. The second-order valence-corrected chi connectivity index (χ2v) is 7.33. The highest BCUT2D eigenvalue weighted by Crippen LogP contribution is 2.32. The van der Waals surface area contributed by atoms with Gasteiger partial charge < -0.3 is 5.32 Å². The predicted molar refractivity (Wildman–Crippen MR) is 87.8 cm³/mol. The average molecular weight is 321 g/mol. The SMILES string of the molecule is Cc1ccsc1CN(C1CC1)C(C)C(=O)Nc1nccs1. The van der Waals surface area contributed by atoms with Gasteiger partial charge in [0.05, 0.1) is 6.04 Å². The maximum Gasteiger partial charge on any atom is 0.243 e. The van der Waals surface area contributed by atoms with Gasteiger partial charge in [0, 0.05) is 29.0 Å². The Balaban J connectivity index is 1.68. The molecule has 0 aliphatic heterocycles. The maximum absolute atomic E-state index is 12.4. The minimum Gasteiger partial charge on any atom is -0.301 e. The fourth-order valence-electron chi connectivity index (χ4n) is 2.37. The second kappa shape index (κ2) is 6.25. The molecule has 0 spiro atoms. The summed E-state index contributed by atoms with van der Waals surface area (Å²) in [6, 6.07) is 2.55. The van der Waals surface area contributed by atoms with Gasteiger partial charge in [-0.1, -0.05) is 0 Å². The van der Waals surface area contributed by atoms with Crippen molar-refractivity contribution in [2.45, 2.75) is 45.3 Å². The van der Waals surface area contributed by atoms with Crippen molar-refractivity contribution in [2.75, 3.05) is 5.32 Å². The van der Waals surface area contributed by atoms with Crippen molar-refractivity contribution in [3.05, 3.63) is 33.5 Å². The summed E-state index contributed by atoms with van der Waals surface area (Å²) in [5.74, 6) is 0.0334. The van der Waals surface area contributed by atoms with Crippen LogP contribution < -0.4 is 5.32 Å². The van der Waals surface area contributed by atoms with Gasteiger partial charge in [0.25, 0.3) is 0 Å². The van der Waals surface area contributed by atoms with Crippen LogP contribution in [0.25, 0.3) is 0 Å². The molecule has 3 rings (SSSR count). The fraction of sp³-hybridized carbons (Fsp3) is 0.467.